The second-order valence-corrected chi connectivity index (χ2v) is 12.0. The number of amides is 2. The molecule has 1 saturated heterocycles. The average molecular weight is 627 g/mol. The molecule has 2 heterocycles. The maximum absolute atomic E-state index is 14.2. The molecular formula is C37H37F3N4O2. The third kappa shape index (κ3) is 6.50. The van der Waals surface area contributed by atoms with Crippen LogP contribution >= 0.6 is 0 Å². The van der Waals surface area contributed by atoms with Crippen LogP contribution < -0.4 is 10.2 Å². The fourth-order valence-corrected chi connectivity index (χ4v) is 6.72. The number of piperidine rings is 1. The van der Waals surface area contributed by atoms with Gasteiger partial charge in [0.15, 0.2) is 0 Å². The number of rotatable bonds is 9. The van der Waals surface area contributed by atoms with E-state index in [1.807, 2.05) is 85.8 Å². The molecule has 2 amide bonds. The summed E-state index contributed by atoms with van der Waals surface area (Å²) in [6.45, 7) is 1.26. The minimum atomic E-state index is -4.52. The van der Waals surface area contributed by atoms with Crippen LogP contribution in [0.15, 0.2) is 91.1 Å². The lowest BCUT2D eigenvalue weighted by Gasteiger charge is -2.39. The fraction of sp³-hybridized carbons (Fsp3) is 0.324. The van der Waals surface area contributed by atoms with Crippen LogP contribution in [0.25, 0.3) is 22.3 Å². The Kier molecular flexibility index (Phi) is 9.10. The van der Waals surface area contributed by atoms with Crippen molar-refractivity contribution in [1.82, 2.24) is 15.2 Å². The van der Waals surface area contributed by atoms with E-state index < -0.39 is 24.5 Å². The van der Waals surface area contributed by atoms with Crippen LogP contribution in [0.2, 0.25) is 0 Å². The van der Waals surface area contributed by atoms with Crippen molar-refractivity contribution in [3.63, 3.8) is 0 Å². The Hall–Kier alpha value is -4.66. The number of hydrogen-bond acceptors (Lipinski definition) is 4. The molecule has 1 fully saturated rings. The molecule has 3 aromatic carbocycles. The highest BCUT2D eigenvalue weighted by Gasteiger charge is 2.42. The second-order valence-electron chi connectivity index (χ2n) is 12.0. The van der Waals surface area contributed by atoms with E-state index in [1.54, 1.807) is 12.3 Å². The molecule has 0 bridgehead atoms. The molecule has 0 radical (unpaired) electrons. The monoisotopic (exact) mass is 626 g/mol. The summed E-state index contributed by atoms with van der Waals surface area (Å²) >= 11 is 0. The first-order chi connectivity index (χ1) is 22.2. The van der Waals surface area contributed by atoms with Gasteiger partial charge in [0, 0.05) is 30.5 Å². The first-order valence-electron chi connectivity index (χ1n) is 15.9. The van der Waals surface area contributed by atoms with Gasteiger partial charge in [0.05, 0.1) is 5.92 Å². The lowest BCUT2D eigenvalue weighted by atomic mass is 9.92. The molecule has 0 saturated carbocycles. The number of alkyl halides is 3. The van der Waals surface area contributed by atoms with E-state index in [0.717, 1.165) is 45.7 Å². The first kappa shape index (κ1) is 31.3. The van der Waals surface area contributed by atoms with Crippen LogP contribution in [0.3, 0.4) is 0 Å². The minimum absolute atomic E-state index is 0.0302. The molecule has 9 heteroatoms. The smallest absolute Gasteiger partial charge is 0.351 e. The second kappa shape index (κ2) is 13.4. The van der Waals surface area contributed by atoms with Crippen molar-refractivity contribution >= 4 is 17.5 Å². The summed E-state index contributed by atoms with van der Waals surface area (Å²) in [6.07, 6.45) is 0.313. The number of benzene rings is 3. The summed E-state index contributed by atoms with van der Waals surface area (Å²) in [6, 6.07) is 26.6. The van der Waals surface area contributed by atoms with Gasteiger partial charge in [-0.05, 0) is 71.7 Å². The summed E-state index contributed by atoms with van der Waals surface area (Å²) in [5, 5.41) is 3.18. The lowest BCUT2D eigenvalue weighted by Crippen LogP contribution is -2.51. The molecule has 1 N–H and O–H groups in total. The predicted octanol–water partition coefficient (Wildman–Crippen LogP) is 7.80. The number of halogens is 3. The third-order valence-electron chi connectivity index (χ3n) is 8.85. The van der Waals surface area contributed by atoms with Crippen LogP contribution in [-0.4, -0.2) is 53.7 Å². The molecule has 6 nitrogen and oxygen atoms in total. The topological polar surface area (TPSA) is 65.5 Å². The number of carbonyl (C=O) groups excluding carboxylic acids is 2. The van der Waals surface area contributed by atoms with Crippen molar-refractivity contribution in [3.05, 3.63) is 108 Å². The number of carbonyl (C=O) groups is 2. The van der Waals surface area contributed by atoms with E-state index in [4.69, 9.17) is 0 Å². The molecule has 0 spiro atoms. The van der Waals surface area contributed by atoms with Crippen molar-refractivity contribution in [1.29, 1.82) is 0 Å². The number of nitrogens with one attached hydrogen (secondary N) is 1. The van der Waals surface area contributed by atoms with Crippen LogP contribution in [0.4, 0.5) is 18.9 Å². The summed E-state index contributed by atoms with van der Waals surface area (Å²) < 4.78 is 41.2. The largest absolute Gasteiger partial charge is 0.406 e. The van der Waals surface area contributed by atoms with Gasteiger partial charge in [0.1, 0.15) is 18.4 Å². The van der Waals surface area contributed by atoms with Gasteiger partial charge in [-0.1, -0.05) is 80.1 Å². The van der Waals surface area contributed by atoms with E-state index in [9.17, 15) is 22.8 Å². The molecule has 6 rings (SSSR count). The summed E-state index contributed by atoms with van der Waals surface area (Å²) in [4.78, 5) is 35.2. The average Bonchev–Trinajstić information content (AvgIpc) is 3.41. The lowest BCUT2D eigenvalue weighted by molar-refractivity contribution is -0.161. The molecule has 4 aromatic rings. The molecule has 46 heavy (non-hydrogen) atoms. The zero-order valence-corrected chi connectivity index (χ0v) is 25.8. The Balaban J connectivity index is 1.35. The standard InChI is InChI=1S/C37H37F3N4O2/c1-2-3-21-43(24-37(38,39)40)36(46)34-29-15-8-7-14-27(29)28-16-11-17-31(33(28)34)44-22-10-9-18-32(44)42-35(45)30-23-26(19-20-41-30)25-12-5-4-6-13-25/h4-8,11-17,19-20,23,32,34H,2-3,9-10,18,21-22,24H2,1H3,(H,42,45). The van der Waals surface area contributed by atoms with Crippen molar-refractivity contribution in [2.45, 2.75) is 57.3 Å². The number of aromatic nitrogens is 1. The molecule has 2 atom stereocenters. The highest BCUT2D eigenvalue weighted by Crippen LogP contribution is 2.50. The number of anilines is 1. The van der Waals surface area contributed by atoms with Gasteiger partial charge in [0.2, 0.25) is 5.91 Å². The normalized spacial score (nSPS) is 17.3. The van der Waals surface area contributed by atoms with E-state index in [2.05, 4.69) is 15.2 Å². The first-order valence-corrected chi connectivity index (χ1v) is 15.9. The zero-order valence-electron chi connectivity index (χ0n) is 25.8. The Morgan fingerprint density at radius 2 is 1.70 bits per heavy atom. The fourth-order valence-electron chi connectivity index (χ4n) is 6.72. The van der Waals surface area contributed by atoms with Gasteiger partial charge in [0.25, 0.3) is 5.91 Å². The molecule has 1 aromatic heterocycles. The molecule has 2 unspecified atom stereocenters. The quantitative estimate of drug-likeness (QED) is 0.206. The summed E-state index contributed by atoms with van der Waals surface area (Å²) in [7, 11) is 0. The van der Waals surface area contributed by atoms with Gasteiger partial charge in [-0.3, -0.25) is 14.6 Å². The number of unbranched alkanes of at least 4 members (excludes halogenated alkanes) is 1. The van der Waals surface area contributed by atoms with Crippen LogP contribution in [0.1, 0.15) is 66.6 Å². The molecule has 2 aliphatic rings. The van der Waals surface area contributed by atoms with Crippen LogP contribution in [0.5, 0.6) is 0 Å². The Morgan fingerprint density at radius 1 is 0.935 bits per heavy atom. The SMILES string of the molecule is CCCCN(CC(F)(F)F)C(=O)C1c2ccccc2-c2cccc(N3CCCCC3NC(=O)c3cc(-c4ccccc4)ccn3)c21. The number of fused-ring (bicyclic) bond motifs is 3. The molecule has 238 valence electrons. The maximum Gasteiger partial charge on any atom is 0.406 e. The van der Waals surface area contributed by atoms with Gasteiger partial charge < -0.3 is 15.1 Å². The van der Waals surface area contributed by atoms with Crippen molar-refractivity contribution < 1.29 is 22.8 Å². The van der Waals surface area contributed by atoms with Crippen LogP contribution in [-0.2, 0) is 4.79 Å². The number of nitrogens with zero attached hydrogens (tertiary/aromatic N) is 3. The zero-order chi connectivity index (χ0) is 32.3. The van der Waals surface area contributed by atoms with Crippen LogP contribution in [0, 0.1) is 0 Å². The van der Waals surface area contributed by atoms with E-state index in [-0.39, 0.29) is 18.6 Å². The summed E-state index contributed by atoms with van der Waals surface area (Å²) in [5.74, 6) is -1.75. The van der Waals surface area contributed by atoms with Crippen molar-refractivity contribution in [2.24, 2.45) is 0 Å². The highest BCUT2D eigenvalue weighted by molar-refractivity contribution is 5.99. The van der Waals surface area contributed by atoms with Gasteiger partial charge in [-0.25, -0.2) is 0 Å². The summed E-state index contributed by atoms with van der Waals surface area (Å²) in [5.41, 5.74) is 6.00. The Labute approximate surface area is 267 Å². The Morgan fingerprint density at radius 3 is 2.48 bits per heavy atom. The van der Waals surface area contributed by atoms with Gasteiger partial charge >= 0.3 is 6.18 Å². The molecular weight excluding hydrogens is 589 g/mol. The minimum Gasteiger partial charge on any atom is -0.351 e. The van der Waals surface area contributed by atoms with Gasteiger partial charge in [-0.2, -0.15) is 13.2 Å². The number of hydrogen-bond donors (Lipinski definition) is 1. The number of pyridine rings is 1. The van der Waals surface area contributed by atoms with Crippen molar-refractivity contribution in [2.75, 3.05) is 24.5 Å². The molecule has 1 aliphatic carbocycles. The van der Waals surface area contributed by atoms with Gasteiger partial charge in [-0.15, -0.1) is 0 Å². The van der Waals surface area contributed by atoms with E-state index >= 15 is 0 Å². The van der Waals surface area contributed by atoms with E-state index in [1.165, 1.54) is 0 Å². The molecule has 1 aliphatic heterocycles. The van der Waals surface area contributed by atoms with Crippen molar-refractivity contribution in [3.8, 4) is 22.3 Å². The maximum atomic E-state index is 14.2. The third-order valence-corrected chi connectivity index (χ3v) is 8.85. The predicted molar refractivity (Wildman–Crippen MR) is 173 cm³/mol. The van der Waals surface area contributed by atoms with E-state index in [0.29, 0.717) is 42.6 Å². The Bertz CT molecular complexity index is 1710. The highest BCUT2D eigenvalue weighted by atomic mass is 19.4.